The van der Waals surface area contributed by atoms with Crippen LogP contribution in [0.15, 0.2) is 34.6 Å². The molecule has 114 valence electrons. The first-order chi connectivity index (χ1) is 10.1. The van der Waals surface area contributed by atoms with Gasteiger partial charge in [-0.1, -0.05) is 5.18 Å². The summed E-state index contributed by atoms with van der Waals surface area (Å²) in [5.74, 6) is 0.251. The van der Waals surface area contributed by atoms with E-state index in [0.717, 1.165) is 0 Å². The Balaban J connectivity index is 2.15. The van der Waals surface area contributed by atoms with Crippen molar-refractivity contribution in [2.45, 2.75) is 30.6 Å². The molecular weight excluding hydrogens is 284 g/mol. The number of nitrogens with zero attached hydrogens (tertiary/aromatic N) is 2. The van der Waals surface area contributed by atoms with E-state index in [9.17, 15) is 20.0 Å². The van der Waals surface area contributed by atoms with Gasteiger partial charge in [0.05, 0.1) is 6.61 Å². The number of aliphatic hydroxyl groups excluding tert-OH is 3. The summed E-state index contributed by atoms with van der Waals surface area (Å²) in [6.07, 6.45) is -5.33. The molecule has 5 atom stereocenters. The van der Waals surface area contributed by atoms with E-state index in [1.165, 1.54) is 24.3 Å². The quantitative estimate of drug-likeness (QED) is 0.652. The van der Waals surface area contributed by atoms with Crippen molar-refractivity contribution in [1.29, 1.82) is 0 Å². The average Bonchev–Trinajstić information content (AvgIpc) is 2.51. The van der Waals surface area contributed by atoms with Crippen LogP contribution in [-0.4, -0.2) is 52.6 Å². The van der Waals surface area contributed by atoms with Gasteiger partial charge in [-0.15, -0.1) is 4.91 Å². The van der Waals surface area contributed by atoms with Gasteiger partial charge in [0.2, 0.25) is 6.29 Å². The van der Waals surface area contributed by atoms with Gasteiger partial charge in [0.15, 0.2) is 6.04 Å². The largest absolute Gasteiger partial charge is 0.462 e. The lowest BCUT2D eigenvalue weighted by Crippen LogP contribution is -2.59. The fraction of sp³-hybridized carbons (Fsp3) is 0.500. The molecule has 1 heterocycles. The Morgan fingerprint density at radius 1 is 1.14 bits per heavy atom. The van der Waals surface area contributed by atoms with Crippen molar-refractivity contribution in [3.05, 3.63) is 34.1 Å². The molecule has 1 aliphatic heterocycles. The highest BCUT2D eigenvalue weighted by atomic mass is 16.7. The molecule has 21 heavy (non-hydrogen) atoms. The third kappa shape index (κ3) is 3.22. The van der Waals surface area contributed by atoms with Crippen LogP contribution in [0.25, 0.3) is 0 Å². The lowest BCUT2D eigenvalue weighted by atomic mass is 9.98. The molecular formula is C12H14N2O7. The van der Waals surface area contributed by atoms with Crippen LogP contribution in [-0.2, 0) is 4.74 Å². The first-order valence-corrected chi connectivity index (χ1v) is 6.15. The molecule has 1 aromatic carbocycles. The average molecular weight is 298 g/mol. The molecule has 0 saturated carbocycles. The van der Waals surface area contributed by atoms with Crippen LogP contribution in [0.2, 0.25) is 0 Å². The summed E-state index contributed by atoms with van der Waals surface area (Å²) < 4.78 is 10.6. The first-order valence-electron chi connectivity index (χ1n) is 6.15. The van der Waals surface area contributed by atoms with Crippen LogP contribution in [0.4, 0.5) is 5.69 Å². The van der Waals surface area contributed by atoms with Crippen LogP contribution in [0, 0.1) is 9.81 Å². The van der Waals surface area contributed by atoms with Crippen molar-refractivity contribution in [2.24, 2.45) is 10.4 Å². The van der Waals surface area contributed by atoms with Crippen LogP contribution in [0.1, 0.15) is 0 Å². The van der Waals surface area contributed by atoms with Gasteiger partial charge in [-0.05, 0) is 29.4 Å². The van der Waals surface area contributed by atoms with E-state index < -0.39 is 37.3 Å². The maximum absolute atomic E-state index is 10.8. The van der Waals surface area contributed by atoms with Crippen molar-refractivity contribution in [3.8, 4) is 5.75 Å². The molecule has 9 nitrogen and oxygen atoms in total. The normalized spacial score (nSPS) is 32.4. The summed E-state index contributed by atoms with van der Waals surface area (Å²) in [4.78, 5) is 21.1. The molecule has 0 radical (unpaired) electrons. The zero-order valence-corrected chi connectivity index (χ0v) is 10.8. The summed E-state index contributed by atoms with van der Waals surface area (Å²) >= 11 is 0. The third-order valence-electron chi connectivity index (χ3n) is 3.16. The maximum Gasteiger partial charge on any atom is 0.229 e. The molecule has 1 aliphatic rings. The summed E-state index contributed by atoms with van der Waals surface area (Å²) in [5.41, 5.74) is 0.195. The van der Waals surface area contributed by atoms with E-state index in [2.05, 4.69) is 10.4 Å². The molecule has 1 aromatic rings. The number of aliphatic hydroxyl groups is 3. The first kappa shape index (κ1) is 15.4. The van der Waals surface area contributed by atoms with Gasteiger partial charge in [0.1, 0.15) is 29.7 Å². The van der Waals surface area contributed by atoms with Crippen LogP contribution in [0.3, 0.4) is 0 Å². The van der Waals surface area contributed by atoms with Crippen LogP contribution in [0.5, 0.6) is 5.75 Å². The van der Waals surface area contributed by atoms with Gasteiger partial charge >= 0.3 is 0 Å². The highest BCUT2D eigenvalue weighted by Crippen LogP contribution is 2.27. The predicted octanol–water partition coefficient (Wildman–Crippen LogP) is 0.0373. The van der Waals surface area contributed by atoms with Crippen LogP contribution >= 0.6 is 0 Å². The molecule has 1 saturated heterocycles. The van der Waals surface area contributed by atoms with E-state index in [4.69, 9.17) is 14.6 Å². The molecule has 0 aliphatic carbocycles. The highest BCUT2D eigenvalue weighted by molar-refractivity contribution is 5.40. The second-order valence-corrected chi connectivity index (χ2v) is 4.51. The van der Waals surface area contributed by atoms with E-state index in [0.29, 0.717) is 0 Å². The zero-order valence-electron chi connectivity index (χ0n) is 10.8. The number of rotatable bonds is 5. The Morgan fingerprint density at radius 3 is 2.33 bits per heavy atom. The van der Waals surface area contributed by atoms with E-state index in [1.54, 1.807) is 0 Å². The molecule has 3 N–H and O–H groups in total. The number of hydrogen-bond acceptors (Lipinski definition) is 9. The smallest absolute Gasteiger partial charge is 0.229 e. The van der Waals surface area contributed by atoms with Crippen molar-refractivity contribution in [1.82, 2.24) is 0 Å². The fourth-order valence-corrected chi connectivity index (χ4v) is 2.00. The predicted molar refractivity (Wildman–Crippen MR) is 69.9 cm³/mol. The molecule has 0 unspecified atom stereocenters. The van der Waals surface area contributed by atoms with Gasteiger partial charge < -0.3 is 24.8 Å². The van der Waals surface area contributed by atoms with E-state index >= 15 is 0 Å². The summed E-state index contributed by atoms with van der Waals surface area (Å²) in [7, 11) is 0. The molecule has 0 amide bonds. The standard InChI is InChI=1S/C12H14N2O7/c15-5-8-10(16)11(17)9(14-19)12(21-8)20-7-3-1-6(13-18)2-4-7/h1-4,8-12,15-17H,5H2/t8-,9-,10-,11-,12-/m1/s1. The molecule has 0 aromatic heterocycles. The highest BCUT2D eigenvalue weighted by Gasteiger charge is 2.46. The maximum atomic E-state index is 10.8. The van der Waals surface area contributed by atoms with Gasteiger partial charge in [0, 0.05) is 0 Å². The Kier molecular flexibility index (Phi) is 4.91. The second kappa shape index (κ2) is 6.68. The third-order valence-corrected chi connectivity index (χ3v) is 3.16. The Labute approximate surface area is 119 Å². The Hall–Kier alpha value is -1.94. The molecule has 1 fully saturated rings. The monoisotopic (exact) mass is 298 g/mol. The van der Waals surface area contributed by atoms with Crippen molar-refractivity contribution < 1.29 is 24.8 Å². The number of benzene rings is 1. The minimum Gasteiger partial charge on any atom is -0.462 e. The van der Waals surface area contributed by atoms with Crippen molar-refractivity contribution in [3.63, 3.8) is 0 Å². The summed E-state index contributed by atoms with van der Waals surface area (Å²) in [5, 5.41) is 34.0. The molecule has 0 spiro atoms. The van der Waals surface area contributed by atoms with Gasteiger partial charge in [-0.3, -0.25) is 0 Å². The van der Waals surface area contributed by atoms with Crippen LogP contribution < -0.4 is 4.74 Å². The van der Waals surface area contributed by atoms with Gasteiger partial charge in [0.25, 0.3) is 0 Å². The lowest BCUT2D eigenvalue weighted by Gasteiger charge is -2.38. The SMILES string of the molecule is O=Nc1ccc(O[C@@H]2O[C@H](CO)[C@@H](O)[C@H](O)[C@H]2N=O)cc1. The van der Waals surface area contributed by atoms with E-state index in [-0.39, 0.29) is 11.4 Å². The topological polar surface area (TPSA) is 138 Å². The zero-order chi connectivity index (χ0) is 15.4. The second-order valence-electron chi connectivity index (χ2n) is 4.51. The Bertz CT molecular complexity index is 495. The fourth-order valence-electron chi connectivity index (χ4n) is 2.00. The number of ether oxygens (including phenoxy) is 2. The molecule has 2 rings (SSSR count). The van der Waals surface area contributed by atoms with Gasteiger partial charge in [-0.2, -0.15) is 4.91 Å². The summed E-state index contributed by atoms with van der Waals surface area (Å²) in [6, 6.07) is 4.28. The Morgan fingerprint density at radius 2 is 1.81 bits per heavy atom. The number of nitroso groups, excluding NO2 is 2. The van der Waals surface area contributed by atoms with Crippen molar-refractivity contribution in [2.75, 3.05) is 6.61 Å². The van der Waals surface area contributed by atoms with Gasteiger partial charge in [-0.25, -0.2) is 0 Å². The molecule has 9 heteroatoms. The van der Waals surface area contributed by atoms with E-state index in [1.807, 2.05) is 0 Å². The summed E-state index contributed by atoms with van der Waals surface area (Å²) in [6.45, 7) is -0.558. The van der Waals surface area contributed by atoms with Crippen molar-refractivity contribution >= 4 is 5.69 Å². The lowest BCUT2D eigenvalue weighted by molar-refractivity contribution is -0.239. The minimum absolute atomic E-state index is 0.195. The minimum atomic E-state index is -1.52. The molecule has 0 bridgehead atoms. The number of hydrogen-bond donors (Lipinski definition) is 3.